The third kappa shape index (κ3) is 44.1. The Kier molecular flexibility index (Phi) is 27.9. The van der Waals surface area contributed by atoms with Crippen LogP contribution in [0.5, 0.6) is 0 Å². The minimum absolute atomic E-state index is 0. The molecule has 0 radical (unpaired) electrons. The van der Waals surface area contributed by atoms with Crippen LogP contribution >= 0.6 is 7.82 Å². The fourth-order valence-electron chi connectivity index (χ4n) is 2.34. The number of carbonyl (C=O) groups excluding carboxylic acids is 1. The van der Waals surface area contributed by atoms with Gasteiger partial charge in [-0.2, -0.15) is 0 Å². The first kappa shape index (κ1) is 31.0. The van der Waals surface area contributed by atoms with Gasteiger partial charge in [-0.1, -0.05) is 70.4 Å². The molecule has 0 aliphatic rings. The number of hydrogen-bond donors (Lipinski definition) is 3. The average molecular weight is 402 g/mol. The minimum Gasteiger partial charge on any atom is -0.550 e. The second-order valence-corrected chi connectivity index (χ2v) is 7.25. The summed E-state index contributed by atoms with van der Waals surface area (Å²) in [5.41, 5.74) is 0. The molecule has 0 bridgehead atoms. The summed E-state index contributed by atoms with van der Waals surface area (Å²) < 4.78 is 8.88. The van der Waals surface area contributed by atoms with Crippen molar-refractivity contribution in [3.8, 4) is 0 Å². The van der Waals surface area contributed by atoms with Gasteiger partial charge < -0.3 is 24.6 Å². The van der Waals surface area contributed by atoms with E-state index in [0.29, 0.717) is 0 Å². The monoisotopic (exact) mass is 402 g/mol. The number of carboxylic acids is 1. The molecule has 0 amide bonds. The molecule has 0 aliphatic heterocycles. The van der Waals surface area contributed by atoms with Crippen molar-refractivity contribution in [3.63, 3.8) is 0 Å². The van der Waals surface area contributed by atoms with E-state index < -0.39 is 13.8 Å². The predicted octanol–water partition coefficient (Wildman–Crippen LogP) is 0.849. The molecule has 6 nitrogen and oxygen atoms in total. The Morgan fingerprint density at radius 2 is 1.15 bits per heavy atom. The van der Waals surface area contributed by atoms with Crippen molar-refractivity contribution in [2.24, 2.45) is 0 Å². The topological polar surface area (TPSA) is 118 Å². The molecular weight excluding hydrogens is 366 g/mol. The molecular formula is C18H36NaO6P. The summed E-state index contributed by atoms with van der Waals surface area (Å²) in [7, 11) is -4.64. The van der Waals surface area contributed by atoms with Gasteiger partial charge in [0.1, 0.15) is 0 Å². The summed E-state index contributed by atoms with van der Waals surface area (Å²) >= 11 is 0. The van der Waals surface area contributed by atoms with Gasteiger partial charge in [0.25, 0.3) is 0 Å². The Balaban J connectivity index is -0.000000772. The van der Waals surface area contributed by atoms with Crippen LogP contribution in [0.2, 0.25) is 0 Å². The normalized spacial score (nSPS) is 10.9. The summed E-state index contributed by atoms with van der Waals surface area (Å²) in [6.45, 7) is 2.26. The van der Waals surface area contributed by atoms with E-state index in [1.54, 1.807) is 0 Å². The fraction of sp³-hybridized carbons (Fsp3) is 0.833. The van der Waals surface area contributed by atoms with E-state index in [1.165, 1.54) is 64.2 Å². The van der Waals surface area contributed by atoms with Gasteiger partial charge in [-0.05, 0) is 38.5 Å². The zero-order valence-corrected chi connectivity index (χ0v) is 19.5. The molecule has 0 atom stereocenters. The molecule has 0 fully saturated rings. The molecule has 0 aromatic rings. The number of aliphatic carboxylic acids is 1. The first-order valence-corrected chi connectivity index (χ1v) is 11.0. The van der Waals surface area contributed by atoms with E-state index in [-0.39, 0.29) is 36.0 Å². The minimum atomic E-state index is -4.64. The summed E-state index contributed by atoms with van der Waals surface area (Å²) in [5.74, 6) is -0.914. The first-order chi connectivity index (χ1) is 11.8. The molecule has 26 heavy (non-hydrogen) atoms. The molecule has 0 saturated heterocycles. The summed E-state index contributed by atoms with van der Waals surface area (Å²) in [5, 5.41) is 10.2. The Labute approximate surface area is 181 Å². The molecule has 0 aromatic heterocycles. The van der Waals surface area contributed by atoms with Gasteiger partial charge >= 0.3 is 37.4 Å². The van der Waals surface area contributed by atoms with Crippen molar-refractivity contribution < 1.29 is 58.7 Å². The van der Waals surface area contributed by atoms with Crippen LogP contribution < -0.4 is 34.7 Å². The fourth-order valence-corrected chi connectivity index (χ4v) is 2.34. The van der Waals surface area contributed by atoms with Gasteiger partial charge in [0.15, 0.2) is 0 Å². The average Bonchev–Trinajstić information content (AvgIpc) is 2.49. The number of carbonyl (C=O) groups is 1. The Hall–Kier alpha value is 0.320. The number of unbranched alkanes of at least 4 members (excludes halogenated alkanes) is 11. The SMILES string of the molecule is CCCCCCCC/C=C\CCCCCCCC(=O)[O-].O=P(O)(O)O.[Na+]. The maximum atomic E-state index is 10.2. The van der Waals surface area contributed by atoms with Crippen LogP contribution in [0.4, 0.5) is 0 Å². The van der Waals surface area contributed by atoms with Crippen LogP contribution in [0, 0.1) is 0 Å². The molecule has 0 saturated carbocycles. The van der Waals surface area contributed by atoms with Crippen molar-refractivity contribution >= 4 is 13.8 Å². The van der Waals surface area contributed by atoms with Crippen LogP contribution in [-0.4, -0.2) is 20.6 Å². The molecule has 0 rings (SSSR count). The van der Waals surface area contributed by atoms with Gasteiger partial charge in [-0.3, -0.25) is 0 Å². The van der Waals surface area contributed by atoms with Crippen LogP contribution in [0.1, 0.15) is 96.8 Å². The van der Waals surface area contributed by atoms with Gasteiger partial charge in [0.05, 0.1) is 0 Å². The van der Waals surface area contributed by atoms with E-state index >= 15 is 0 Å². The Morgan fingerprint density at radius 1 is 0.808 bits per heavy atom. The van der Waals surface area contributed by atoms with E-state index in [0.717, 1.165) is 19.3 Å². The quantitative estimate of drug-likeness (QED) is 0.162. The van der Waals surface area contributed by atoms with E-state index in [1.807, 2.05) is 0 Å². The first-order valence-electron chi connectivity index (χ1n) is 9.40. The van der Waals surface area contributed by atoms with Gasteiger partial charge in [-0.15, -0.1) is 0 Å². The number of phosphoric acid groups is 1. The standard InChI is InChI=1S/C18H34O2.Na.H3O4P/c1-2-3-4-5-6-7-8-9-10-11-12-13-14-15-16-17-18(19)20;;1-5(2,3)4/h9-10H,2-8,11-17H2,1H3,(H,19,20);;(H3,1,2,3,4)/q;+1;/p-1/b10-9-;;. The number of allylic oxidation sites excluding steroid dienone is 2. The van der Waals surface area contributed by atoms with E-state index in [4.69, 9.17) is 19.2 Å². The second-order valence-electron chi connectivity index (χ2n) is 6.22. The smallest absolute Gasteiger partial charge is 0.550 e. The van der Waals surface area contributed by atoms with Crippen molar-refractivity contribution in [1.82, 2.24) is 0 Å². The third-order valence-electron chi connectivity index (χ3n) is 3.64. The van der Waals surface area contributed by atoms with Crippen LogP contribution in [0.3, 0.4) is 0 Å². The maximum absolute atomic E-state index is 10.2. The summed E-state index contributed by atoms with van der Waals surface area (Å²) in [4.78, 5) is 31.8. The molecule has 0 aliphatic carbocycles. The predicted molar refractivity (Wildman–Crippen MR) is 98.7 cm³/mol. The molecule has 0 unspecified atom stereocenters. The van der Waals surface area contributed by atoms with Crippen molar-refractivity contribution in [3.05, 3.63) is 12.2 Å². The number of hydrogen-bond acceptors (Lipinski definition) is 3. The zero-order chi connectivity index (χ0) is 19.4. The number of carboxylic acid groups (broad SMARTS) is 1. The van der Waals surface area contributed by atoms with Crippen LogP contribution in [0.15, 0.2) is 12.2 Å². The van der Waals surface area contributed by atoms with Crippen molar-refractivity contribution in [2.45, 2.75) is 96.8 Å². The largest absolute Gasteiger partial charge is 1.00 e. The van der Waals surface area contributed by atoms with Gasteiger partial charge in [0.2, 0.25) is 0 Å². The zero-order valence-electron chi connectivity index (χ0n) is 16.6. The molecule has 3 N–H and O–H groups in total. The van der Waals surface area contributed by atoms with Crippen molar-refractivity contribution in [1.29, 1.82) is 0 Å². The second kappa shape index (κ2) is 23.4. The third-order valence-corrected chi connectivity index (χ3v) is 3.64. The van der Waals surface area contributed by atoms with E-state index in [9.17, 15) is 9.90 Å². The van der Waals surface area contributed by atoms with Crippen LogP contribution in [-0.2, 0) is 9.36 Å². The molecule has 8 heteroatoms. The van der Waals surface area contributed by atoms with Crippen LogP contribution in [0.25, 0.3) is 0 Å². The van der Waals surface area contributed by atoms with Gasteiger partial charge in [-0.25, -0.2) is 4.57 Å². The molecule has 0 spiro atoms. The summed E-state index contributed by atoms with van der Waals surface area (Å²) in [6, 6.07) is 0. The Morgan fingerprint density at radius 3 is 1.54 bits per heavy atom. The Bertz CT molecular complexity index is 362. The van der Waals surface area contributed by atoms with Gasteiger partial charge in [0, 0.05) is 5.97 Å². The van der Waals surface area contributed by atoms with E-state index in [2.05, 4.69) is 19.1 Å². The maximum Gasteiger partial charge on any atom is 1.00 e. The molecule has 0 heterocycles. The summed E-state index contributed by atoms with van der Waals surface area (Å²) in [6.07, 6.45) is 20.9. The number of rotatable bonds is 15. The molecule has 0 aromatic carbocycles. The van der Waals surface area contributed by atoms with Crippen molar-refractivity contribution in [2.75, 3.05) is 0 Å². The molecule has 150 valence electrons.